The third-order valence-corrected chi connectivity index (χ3v) is 4.27. The number of aryl methyl sites for hydroxylation is 1. The first-order chi connectivity index (χ1) is 10.6. The van der Waals surface area contributed by atoms with Gasteiger partial charge in [-0.1, -0.05) is 18.2 Å². The van der Waals surface area contributed by atoms with Gasteiger partial charge in [0.2, 0.25) is 0 Å². The van der Waals surface area contributed by atoms with Gasteiger partial charge in [0.25, 0.3) is 5.91 Å². The number of amides is 1. The molecule has 3 rings (SSSR count). The SMILES string of the molecule is Cc1cc(C(=O)N(CCO)C2CC2)c(C)n1-c1ccccc1. The lowest BCUT2D eigenvalue weighted by molar-refractivity contribution is 0.0707. The topological polar surface area (TPSA) is 45.5 Å². The van der Waals surface area contributed by atoms with Gasteiger partial charge >= 0.3 is 0 Å². The van der Waals surface area contributed by atoms with Crippen LogP contribution in [0.15, 0.2) is 36.4 Å². The highest BCUT2D eigenvalue weighted by Gasteiger charge is 2.33. The Morgan fingerprint density at radius 1 is 1.27 bits per heavy atom. The van der Waals surface area contributed by atoms with Crippen molar-refractivity contribution in [1.29, 1.82) is 0 Å². The first-order valence-corrected chi connectivity index (χ1v) is 7.79. The molecule has 1 heterocycles. The van der Waals surface area contributed by atoms with E-state index in [-0.39, 0.29) is 12.5 Å². The first-order valence-electron chi connectivity index (χ1n) is 7.79. The van der Waals surface area contributed by atoms with Crippen molar-refractivity contribution < 1.29 is 9.90 Å². The van der Waals surface area contributed by atoms with Crippen LogP contribution >= 0.6 is 0 Å². The van der Waals surface area contributed by atoms with Crippen molar-refractivity contribution in [3.63, 3.8) is 0 Å². The van der Waals surface area contributed by atoms with E-state index >= 15 is 0 Å². The average molecular weight is 298 g/mol. The summed E-state index contributed by atoms with van der Waals surface area (Å²) in [6.45, 7) is 4.43. The number of carbonyl (C=O) groups excluding carboxylic acids is 1. The summed E-state index contributed by atoms with van der Waals surface area (Å²) in [6, 6.07) is 12.3. The molecule has 0 spiro atoms. The number of benzene rings is 1. The molecule has 1 aromatic carbocycles. The molecule has 0 atom stereocenters. The maximum atomic E-state index is 12.8. The maximum Gasteiger partial charge on any atom is 0.256 e. The Labute approximate surface area is 131 Å². The van der Waals surface area contributed by atoms with Crippen LogP contribution in [0, 0.1) is 13.8 Å². The molecular weight excluding hydrogens is 276 g/mol. The van der Waals surface area contributed by atoms with Crippen molar-refractivity contribution in [1.82, 2.24) is 9.47 Å². The van der Waals surface area contributed by atoms with Crippen LogP contribution in [-0.4, -0.2) is 39.7 Å². The Morgan fingerprint density at radius 2 is 1.95 bits per heavy atom. The van der Waals surface area contributed by atoms with Crippen molar-refractivity contribution in [3.8, 4) is 5.69 Å². The average Bonchev–Trinajstić information content (AvgIpc) is 3.31. The lowest BCUT2D eigenvalue weighted by atomic mass is 10.2. The van der Waals surface area contributed by atoms with Gasteiger partial charge in [0.1, 0.15) is 0 Å². The van der Waals surface area contributed by atoms with E-state index in [1.54, 1.807) is 0 Å². The van der Waals surface area contributed by atoms with Crippen molar-refractivity contribution in [2.75, 3.05) is 13.2 Å². The van der Waals surface area contributed by atoms with Gasteiger partial charge in [0, 0.05) is 29.7 Å². The number of aromatic nitrogens is 1. The van der Waals surface area contributed by atoms with E-state index in [1.807, 2.05) is 55.1 Å². The molecule has 1 aliphatic carbocycles. The lowest BCUT2D eigenvalue weighted by Crippen LogP contribution is -2.35. The van der Waals surface area contributed by atoms with Crippen LogP contribution in [-0.2, 0) is 0 Å². The third-order valence-electron chi connectivity index (χ3n) is 4.27. The van der Waals surface area contributed by atoms with Crippen LogP contribution < -0.4 is 0 Å². The second kappa shape index (κ2) is 5.97. The molecule has 0 bridgehead atoms. The van der Waals surface area contributed by atoms with Gasteiger partial charge in [-0.15, -0.1) is 0 Å². The Balaban J connectivity index is 1.97. The summed E-state index contributed by atoms with van der Waals surface area (Å²) in [5.41, 5.74) is 3.81. The summed E-state index contributed by atoms with van der Waals surface area (Å²) in [6.07, 6.45) is 2.09. The van der Waals surface area contributed by atoms with E-state index in [2.05, 4.69) is 4.57 Å². The Bertz CT molecular complexity index is 672. The highest BCUT2D eigenvalue weighted by Crippen LogP contribution is 2.30. The lowest BCUT2D eigenvalue weighted by Gasteiger charge is -2.21. The van der Waals surface area contributed by atoms with Gasteiger partial charge < -0.3 is 14.6 Å². The minimum atomic E-state index is 0.0136. The molecular formula is C18H22N2O2. The maximum absolute atomic E-state index is 12.8. The van der Waals surface area contributed by atoms with E-state index in [9.17, 15) is 9.90 Å². The molecule has 1 N–H and O–H groups in total. The standard InChI is InChI=1S/C18H22N2O2/c1-13-12-17(18(22)19(10-11-21)15-8-9-15)14(2)20(13)16-6-4-3-5-7-16/h3-7,12,15,21H,8-11H2,1-2H3. The fraction of sp³-hybridized carbons (Fsp3) is 0.389. The minimum Gasteiger partial charge on any atom is -0.395 e. The molecule has 1 amide bonds. The Morgan fingerprint density at radius 3 is 2.55 bits per heavy atom. The number of carbonyl (C=O) groups is 1. The molecule has 1 aromatic heterocycles. The molecule has 1 fully saturated rings. The largest absolute Gasteiger partial charge is 0.395 e. The van der Waals surface area contributed by atoms with Crippen LogP contribution in [0.4, 0.5) is 0 Å². The number of para-hydroxylation sites is 1. The number of rotatable bonds is 5. The van der Waals surface area contributed by atoms with Crippen molar-refractivity contribution in [3.05, 3.63) is 53.3 Å². The van der Waals surface area contributed by atoms with Crippen molar-refractivity contribution >= 4 is 5.91 Å². The smallest absolute Gasteiger partial charge is 0.256 e. The third kappa shape index (κ3) is 2.66. The molecule has 0 radical (unpaired) electrons. The minimum absolute atomic E-state index is 0.0136. The molecule has 4 nitrogen and oxygen atoms in total. The zero-order chi connectivity index (χ0) is 15.7. The van der Waals surface area contributed by atoms with Crippen molar-refractivity contribution in [2.45, 2.75) is 32.7 Å². The van der Waals surface area contributed by atoms with E-state index in [0.717, 1.165) is 35.5 Å². The summed E-state index contributed by atoms with van der Waals surface area (Å²) >= 11 is 0. The number of hydrogen-bond donors (Lipinski definition) is 1. The summed E-state index contributed by atoms with van der Waals surface area (Å²) in [7, 11) is 0. The van der Waals surface area contributed by atoms with Gasteiger partial charge in [0.05, 0.1) is 12.2 Å². The van der Waals surface area contributed by atoms with E-state index < -0.39 is 0 Å². The highest BCUT2D eigenvalue weighted by molar-refractivity contribution is 5.96. The zero-order valence-electron chi connectivity index (χ0n) is 13.1. The first kappa shape index (κ1) is 14.9. The summed E-state index contributed by atoms with van der Waals surface area (Å²) < 4.78 is 2.11. The Hall–Kier alpha value is -2.07. The predicted octanol–water partition coefficient (Wildman–Crippen LogP) is 2.69. The van der Waals surface area contributed by atoms with E-state index in [4.69, 9.17) is 0 Å². The fourth-order valence-electron chi connectivity index (χ4n) is 3.05. The predicted molar refractivity (Wildman–Crippen MR) is 86.4 cm³/mol. The van der Waals surface area contributed by atoms with E-state index in [0.29, 0.717) is 12.6 Å². The van der Waals surface area contributed by atoms with E-state index in [1.165, 1.54) is 0 Å². The van der Waals surface area contributed by atoms with Crippen molar-refractivity contribution in [2.24, 2.45) is 0 Å². The Kier molecular flexibility index (Phi) is 4.03. The molecule has 1 saturated carbocycles. The van der Waals surface area contributed by atoms with Crippen LogP contribution in [0.3, 0.4) is 0 Å². The summed E-state index contributed by atoms with van der Waals surface area (Å²) in [4.78, 5) is 14.7. The molecule has 4 heteroatoms. The zero-order valence-corrected chi connectivity index (χ0v) is 13.1. The van der Waals surface area contributed by atoms with Crippen LogP contribution in [0.1, 0.15) is 34.6 Å². The number of aliphatic hydroxyl groups excluding tert-OH is 1. The second-order valence-electron chi connectivity index (χ2n) is 5.91. The summed E-state index contributed by atoms with van der Waals surface area (Å²) in [5.74, 6) is 0.0341. The van der Waals surface area contributed by atoms with Crippen LogP contribution in [0.5, 0.6) is 0 Å². The molecule has 0 saturated heterocycles. The molecule has 22 heavy (non-hydrogen) atoms. The highest BCUT2D eigenvalue weighted by atomic mass is 16.3. The van der Waals surface area contributed by atoms with Gasteiger partial charge in [-0.05, 0) is 44.9 Å². The van der Waals surface area contributed by atoms with Gasteiger partial charge in [-0.2, -0.15) is 0 Å². The van der Waals surface area contributed by atoms with Gasteiger partial charge in [-0.25, -0.2) is 0 Å². The normalized spacial score (nSPS) is 14.1. The van der Waals surface area contributed by atoms with Crippen LogP contribution in [0.2, 0.25) is 0 Å². The monoisotopic (exact) mass is 298 g/mol. The quantitative estimate of drug-likeness (QED) is 0.922. The molecule has 116 valence electrons. The second-order valence-corrected chi connectivity index (χ2v) is 5.91. The van der Waals surface area contributed by atoms with Gasteiger partial charge in [-0.3, -0.25) is 4.79 Å². The fourth-order valence-corrected chi connectivity index (χ4v) is 3.05. The number of aliphatic hydroxyl groups is 1. The summed E-state index contributed by atoms with van der Waals surface area (Å²) in [5, 5.41) is 9.22. The molecule has 0 unspecified atom stereocenters. The molecule has 2 aromatic rings. The molecule has 0 aliphatic heterocycles. The van der Waals surface area contributed by atoms with Crippen LogP contribution in [0.25, 0.3) is 5.69 Å². The number of hydrogen-bond acceptors (Lipinski definition) is 2. The molecule has 1 aliphatic rings. The number of nitrogens with zero attached hydrogens (tertiary/aromatic N) is 2. The van der Waals surface area contributed by atoms with Gasteiger partial charge in [0.15, 0.2) is 0 Å².